The Hall–Kier alpha value is -1.64. The minimum Gasteiger partial charge on any atom is -0.359 e. The van der Waals surface area contributed by atoms with Gasteiger partial charge in [0.15, 0.2) is 0 Å². The lowest BCUT2D eigenvalue weighted by Gasteiger charge is -2.42. The molecular weight excluding hydrogens is 513 g/mol. The lowest BCUT2D eigenvalue weighted by Crippen LogP contribution is -2.50. The first-order valence-electron chi connectivity index (χ1n) is 13.2. The normalized spacial score (nSPS) is 34.5. The molecule has 0 aromatic carbocycles. The van der Waals surface area contributed by atoms with Crippen LogP contribution >= 0.6 is 0 Å². The number of amides is 3. The molecule has 0 spiro atoms. The van der Waals surface area contributed by atoms with Crippen LogP contribution in [0.4, 0.5) is 18.0 Å². The third-order valence-corrected chi connectivity index (χ3v) is 11.2. The molecule has 3 aliphatic heterocycles. The average molecular weight is 553 g/mol. The maximum atomic E-state index is 13.6. The number of hydrazine groups is 1. The van der Waals surface area contributed by atoms with E-state index in [0.29, 0.717) is 71.0 Å². The summed E-state index contributed by atoms with van der Waals surface area (Å²) in [5.41, 5.74) is 2.53. The minimum atomic E-state index is -4.53. The quantitative estimate of drug-likeness (QED) is 0.406. The Morgan fingerprint density at radius 1 is 0.892 bits per heavy atom. The minimum absolute atomic E-state index is 0.0244. The first kappa shape index (κ1) is 28.4. The molecular formula is C23H39F3N6O4S. The number of alkyl halides is 3. The number of carbonyl (C=O) groups is 2. The van der Waals surface area contributed by atoms with Gasteiger partial charge in [0.05, 0.1) is 11.2 Å². The molecule has 14 heteroatoms. The van der Waals surface area contributed by atoms with E-state index in [9.17, 15) is 31.2 Å². The molecule has 4 aliphatic rings. The summed E-state index contributed by atoms with van der Waals surface area (Å²) >= 11 is 0. The zero-order valence-corrected chi connectivity index (χ0v) is 22.2. The smallest absolute Gasteiger partial charge is 0.359 e. The third kappa shape index (κ3) is 6.01. The number of carbonyl (C=O) groups excluding carboxylic acids is 2. The highest BCUT2D eigenvalue weighted by Crippen LogP contribution is 2.43. The second kappa shape index (κ2) is 11.2. The summed E-state index contributed by atoms with van der Waals surface area (Å²) in [6.45, 7) is 1.26. The van der Waals surface area contributed by atoms with E-state index >= 15 is 0 Å². The Labute approximate surface area is 216 Å². The fourth-order valence-corrected chi connectivity index (χ4v) is 8.79. The van der Waals surface area contributed by atoms with Crippen molar-refractivity contribution in [3.8, 4) is 0 Å². The van der Waals surface area contributed by atoms with E-state index in [2.05, 4.69) is 21.4 Å². The summed E-state index contributed by atoms with van der Waals surface area (Å²) in [6, 6.07) is -2.72. The number of nitrogens with zero attached hydrogens (tertiary/aromatic N) is 2. The lowest BCUT2D eigenvalue weighted by molar-refractivity contribution is -0.169. The Morgan fingerprint density at radius 2 is 1.51 bits per heavy atom. The Kier molecular flexibility index (Phi) is 8.61. The van der Waals surface area contributed by atoms with E-state index in [1.54, 1.807) is 16.4 Å². The van der Waals surface area contributed by atoms with Crippen molar-refractivity contribution in [3.05, 3.63) is 0 Å². The van der Waals surface area contributed by atoms with Crippen molar-refractivity contribution in [1.29, 1.82) is 0 Å². The summed E-state index contributed by atoms with van der Waals surface area (Å²) in [4.78, 5) is 24.0. The zero-order chi connectivity index (χ0) is 27.0. The van der Waals surface area contributed by atoms with Crippen LogP contribution in [0.5, 0.6) is 0 Å². The summed E-state index contributed by atoms with van der Waals surface area (Å²) in [6.07, 6.45) is 0.264. The van der Waals surface area contributed by atoms with Crippen LogP contribution in [-0.4, -0.2) is 93.0 Å². The fourth-order valence-electron chi connectivity index (χ4n) is 6.78. The molecule has 0 bridgehead atoms. The van der Waals surface area contributed by atoms with Crippen molar-refractivity contribution in [2.24, 2.45) is 17.8 Å². The van der Waals surface area contributed by atoms with E-state index in [4.69, 9.17) is 0 Å². The van der Waals surface area contributed by atoms with Crippen LogP contribution in [-0.2, 0) is 14.8 Å². The van der Waals surface area contributed by atoms with Gasteiger partial charge in [-0.2, -0.15) is 13.2 Å². The highest BCUT2D eigenvalue weighted by Gasteiger charge is 2.58. The molecule has 3 amide bonds. The van der Waals surface area contributed by atoms with Crippen molar-refractivity contribution in [2.45, 2.75) is 80.9 Å². The maximum Gasteiger partial charge on any atom is 0.406 e. The third-order valence-electron chi connectivity index (χ3n) is 8.85. The van der Waals surface area contributed by atoms with Gasteiger partial charge in [-0.15, -0.1) is 0 Å². The molecule has 4 unspecified atom stereocenters. The van der Waals surface area contributed by atoms with E-state index in [0.717, 1.165) is 0 Å². The number of hydrogen-bond acceptors (Lipinski definition) is 6. The van der Waals surface area contributed by atoms with Gasteiger partial charge in [-0.3, -0.25) is 4.79 Å². The fraction of sp³-hybridized carbons (Fsp3) is 0.913. The summed E-state index contributed by atoms with van der Waals surface area (Å²) < 4.78 is 69.1. The van der Waals surface area contributed by atoms with Gasteiger partial charge in [-0.1, -0.05) is 0 Å². The molecule has 1 aliphatic carbocycles. The van der Waals surface area contributed by atoms with Crippen LogP contribution in [0.25, 0.3) is 0 Å². The monoisotopic (exact) mass is 552 g/mol. The van der Waals surface area contributed by atoms with E-state index in [-0.39, 0.29) is 23.9 Å². The second-order valence-corrected chi connectivity index (χ2v) is 13.0. The van der Waals surface area contributed by atoms with Gasteiger partial charge in [0, 0.05) is 45.8 Å². The Morgan fingerprint density at radius 3 is 2.08 bits per heavy atom. The number of sulfonamides is 1. The van der Waals surface area contributed by atoms with Crippen molar-refractivity contribution in [3.63, 3.8) is 0 Å². The van der Waals surface area contributed by atoms with Gasteiger partial charge in [0.1, 0.15) is 6.04 Å². The van der Waals surface area contributed by atoms with Crippen LogP contribution in [0.1, 0.15) is 51.4 Å². The molecule has 37 heavy (non-hydrogen) atoms. The average Bonchev–Trinajstić information content (AvgIpc) is 3.28. The van der Waals surface area contributed by atoms with E-state index in [1.165, 1.54) is 7.05 Å². The summed E-state index contributed by atoms with van der Waals surface area (Å²) in [5.74, 6) is -1.44. The Bertz CT molecular complexity index is 935. The molecule has 3 heterocycles. The SMILES string of the molecule is CNC(=O)NC1CCC(S(=O)(=O)N2CCC(C3CCN4NC(C(F)(F)F)C(C(=O)NC)C4C3)CC2)CC1. The highest BCUT2D eigenvalue weighted by molar-refractivity contribution is 7.89. The number of piperidine rings is 2. The van der Waals surface area contributed by atoms with Gasteiger partial charge in [0.2, 0.25) is 15.9 Å². The van der Waals surface area contributed by atoms with Crippen molar-refractivity contribution >= 4 is 22.0 Å². The molecule has 4 rings (SSSR count). The van der Waals surface area contributed by atoms with Crippen molar-refractivity contribution < 1.29 is 31.2 Å². The number of hydrogen-bond donors (Lipinski definition) is 4. The highest BCUT2D eigenvalue weighted by atomic mass is 32.2. The van der Waals surface area contributed by atoms with Gasteiger partial charge >= 0.3 is 12.2 Å². The van der Waals surface area contributed by atoms with Gasteiger partial charge in [0.25, 0.3) is 0 Å². The molecule has 10 nitrogen and oxygen atoms in total. The van der Waals surface area contributed by atoms with E-state index in [1.807, 2.05) is 0 Å². The second-order valence-electron chi connectivity index (χ2n) is 10.8. The summed E-state index contributed by atoms with van der Waals surface area (Å²) in [5, 5.41) is 8.90. The van der Waals surface area contributed by atoms with Crippen LogP contribution in [0.3, 0.4) is 0 Å². The predicted molar refractivity (Wildman–Crippen MR) is 131 cm³/mol. The van der Waals surface area contributed by atoms with Crippen LogP contribution in [0.2, 0.25) is 0 Å². The molecule has 212 valence electrons. The molecule has 0 radical (unpaired) electrons. The maximum absolute atomic E-state index is 13.6. The standard InChI is InChI=1S/C23H39F3N6O4S/c1-27-21(33)19-18-13-15(9-12-32(18)30-20(19)23(24,25)26)14-7-10-31(11-8-14)37(35,36)17-5-3-16(4-6-17)29-22(34)28-2/h14-20,30H,3-13H2,1-2H3,(H,27,33)(H2,28,29,34). The first-order chi connectivity index (χ1) is 17.5. The molecule has 4 fully saturated rings. The molecule has 3 saturated heterocycles. The number of halogens is 3. The van der Waals surface area contributed by atoms with E-state index < -0.39 is 45.4 Å². The molecule has 4 N–H and O–H groups in total. The Balaban J connectivity index is 1.32. The number of fused-ring (bicyclic) bond motifs is 1. The van der Waals surface area contributed by atoms with Crippen molar-refractivity contribution in [1.82, 2.24) is 30.7 Å². The van der Waals surface area contributed by atoms with Crippen LogP contribution in [0, 0.1) is 17.8 Å². The number of rotatable bonds is 5. The molecule has 0 aromatic rings. The van der Waals surface area contributed by atoms with Gasteiger partial charge in [-0.05, 0) is 63.2 Å². The van der Waals surface area contributed by atoms with Gasteiger partial charge in [-0.25, -0.2) is 28.0 Å². The molecule has 4 atom stereocenters. The topological polar surface area (TPSA) is 123 Å². The zero-order valence-electron chi connectivity index (χ0n) is 21.4. The first-order valence-corrected chi connectivity index (χ1v) is 14.7. The largest absolute Gasteiger partial charge is 0.406 e. The number of nitrogens with one attached hydrogen (secondary N) is 4. The number of urea groups is 1. The molecule has 0 aromatic heterocycles. The van der Waals surface area contributed by atoms with Crippen LogP contribution < -0.4 is 21.4 Å². The van der Waals surface area contributed by atoms with Crippen molar-refractivity contribution in [2.75, 3.05) is 33.7 Å². The predicted octanol–water partition coefficient (Wildman–Crippen LogP) is 1.16. The van der Waals surface area contributed by atoms with Crippen LogP contribution in [0.15, 0.2) is 0 Å². The molecule has 1 saturated carbocycles. The van der Waals surface area contributed by atoms with Gasteiger partial charge < -0.3 is 16.0 Å². The summed E-state index contributed by atoms with van der Waals surface area (Å²) in [7, 11) is -0.544. The lowest BCUT2D eigenvalue weighted by atomic mass is 9.74.